The summed E-state index contributed by atoms with van der Waals surface area (Å²) in [6.07, 6.45) is 1.47. The van der Waals surface area contributed by atoms with Crippen LogP contribution in [-0.4, -0.2) is 36.7 Å². The molecule has 1 N–H and O–H groups in total. The van der Waals surface area contributed by atoms with Gasteiger partial charge in [-0.1, -0.05) is 37.3 Å². The van der Waals surface area contributed by atoms with Gasteiger partial charge in [0.25, 0.3) is 5.92 Å². The van der Waals surface area contributed by atoms with E-state index in [2.05, 4.69) is 5.32 Å². The molecule has 0 spiro atoms. The Labute approximate surface area is 193 Å². The fourth-order valence-electron chi connectivity index (χ4n) is 5.09. The highest BCUT2D eigenvalue weighted by molar-refractivity contribution is 6.04. The van der Waals surface area contributed by atoms with E-state index in [9.17, 15) is 18.4 Å². The van der Waals surface area contributed by atoms with Gasteiger partial charge in [-0.2, -0.15) is 0 Å². The van der Waals surface area contributed by atoms with Crippen molar-refractivity contribution in [2.45, 2.75) is 63.9 Å². The largest absolute Gasteiger partial charge is 0.489 e. The van der Waals surface area contributed by atoms with Gasteiger partial charge in [0.1, 0.15) is 11.9 Å². The minimum atomic E-state index is -2.73. The molecule has 0 radical (unpaired) electrons. The Morgan fingerprint density at radius 1 is 1.15 bits per heavy atom. The standard InChI is InChI=1S/C27H31F2NO3/c1-3-23(31)21-14-19(24(32)11-7-10-20-12-13-30-16-27(20,28)29)15-22-25(17(2)33-26(21)22)18-8-5-4-6-9-18/h4-6,8-9,14-15,17,20,25,30H,3,7,10-13,16H2,1-2H3/t17-,20?,25+/m1/s1. The van der Waals surface area contributed by atoms with E-state index in [4.69, 9.17) is 4.74 Å². The number of Topliss-reactive ketones (excluding diaryl/α,β-unsaturated/α-hetero) is 2. The molecule has 0 amide bonds. The molecule has 4 rings (SSSR count). The summed E-state index contributed by atoms with van der Waals surface area (Å²) in [4.78, 5) is 25.8. The van der Waals surface area contributed by atoms with Crippen LogP contribution in [0.3, 0.4) is 0 Å². The highest BCUT2D eigenvalue weighted by atomic mass is 19.3. The molecule has 2 aromatic carbocycles. The van der Waals surface area contributed by atoms with E-state index in [0.717, 1.165) is 11.1 Å². The summed E-state index contributed by atoms with van der Waals surface area (Å²) in [6.45, 7) is 4.05. The van der Waals surface area contributed by atoms with E-state index < -0.39 is 11.8 Å². The zero-order valence-corrected chi connectivity index (χ0v) is 19.2. The van der Waals surface area contributed by atoms with E-state index in [1.807, 2.05) is 43.3 Å². The first kappa shape index (κ1) is 23.6. The summed E-state index contributed by atoms with van der Waals surface area (Å²) in [7, 11) is 0. The number of nitrogens with one attached hydrogen (secondary N) is 1. The van der Waals surface area contributed by atoms with Crippen LogP contribution < -0.4 is 10.1 Å². The SMILES string of the molecule is CCC(=O)c1cc(C(=O)CCCC2CCNCC2(F)F)cc2c1O[C@H](C)[C@H]2c1ccccc1. The van der Waals surface area contributed by atoms with Crippen molar-refractivity contribution in [3.05, 3.63) is 64.7 Å². The summed E-state index contributed by atoms with van der Waals surface area (Å²) in [5.41, 5.74) is 2.81. The van der Waals surface area contributed by atoms with Gasteiger partial charge in [-0.05, 0) is 50.4 Å². The first-order valence-electron chi connectivity index (χ1n) is 11.9. The van der Waals surface area contributed by atoms with Crippen LogP contribution in [0.2, 0.25) is 0 Å². The summed E-state index contributed by atoms with van der Waals surface area (Å²) >= 11 is 0. The highest BCUT2D eigenvalue weighted by Crippen LogP contribution is 2.45. The molecule has 2 heterocycles. The third-order valence-corrected chi connectivity index (χ3v) is 6.91. The number of fused-ring (bicyclic) bond motifs is 1. The zero-order valence-electron chi connectivity index (χ0n) is 19.2. The molecule has 1 unspecified atom stereocenters. The third-order valence-electron chi connectivity index (χ3n) is 6.91. The molecule has 0 aromatic heterocycles. The second kappa shape index (κ2) is 9.72. The highest BCUT2D eigenvalue weighted by Gasteiger charge is 2.41. The predicted molar refractivity (Wildman–Crippen MR) is 124 cm³/mol. The maximum absolute atomic E-state index is 14.1. The zero-order chi connectivity index (χ0) is 23.6. The number of halogens is 2. The van der Waals surface area contributed by atoms with E-state index in [0.29, 0.717) is 49.1 Å². The number of benzene rings is 2. The molecule has 0 aliphatic carbocycles. The Morgan fingerprint density at radius 2 is 1.91 bits per heavy atom. The van der Waals surface area contributed by atoms with Crippen molar-refractivity contribution in [1.29, 1.82) is 0 Å². The summed E-state index contributed by atoms with van der Waals surface area (Å²) < 4.78 is 34.3. The van der Waals surface area contributed by atoms with Gasteiger partial charge in [-0.25, -0.2) is 8.78 Å². The lowest BCUT2D eigenvalue weighted by molar-refractivity contribution is -0.0764. The molecular formula is C27H31F2NO3. The molecule has 2 aromatic rings. The van der Waals surface area contributed by atoms with Gasteiger partial charge >= 0.3 is 0 Å². The van der Waals surface area contributed by atoms with Crippen molar-refractivity contribution in [2.24, 2.45) is 5.92 Å². The number of alkyl halides is 2. The van der Waals surface area contributed by atoms with Crippen molar-refractivity contribution >= 4 is 11.6 Å². The van der Waals surface area contributed by atoms with Crippen molar-refractivity contribution in [1.82, 2.24) is 5.32 Å². The monoisotopic (exact) mass is 455 g/mol. The molecule has 0 saturated carbocycles. The molecular weight excluding hydrogens is 424 g/mol. The van der Waals surface area contributed by atoms with Crippen molar-refractivity contribution < 1.29 is 23.1 Å². The topological polar surface area (TPSA) is 55.4 Å². The summed E-state index contributed by atoms with van der Waals surface area (Å²) in [5, 5.41) is 2.74. The minimum Gasteiger partial charge on any atom is -0.489 e. The molecule has 2 aliphatic rings. The number of ether oxygens (including phenoxy) is 1. The third kappa shape index (κ3) is 4.86. The van der Waals surface area contributed by atoms with E-state index >= 15 is 0 Å². The van der Waals surface area contributed by atoms with Gasteiger partial charge in [0.15, 0.2) is 11.6 Å². The van der Waals surface area contributed by atoms with Crippen LogP contribution in [0.25, 0.3) is 0 Å². The second-order valence-corrected chi connectivity index (χ2v) is 9.17. The number of carbonyl (C=O) groups excluding carboxylic acids is 2. The Hall–Kier alpha value is -2.60. The van der Waals surface area contributed by atoms with Gasteiger partial charge in [0.05, 0.1) is 12.1 Å². The van der Waals surface area contributed by atoms with Gasteiger partial charge in [-0.15, -0.1) is 0 Å². The average Bonchev–Trinajstić information content (AvgIpc) is 3.14. The number of rotatable bonds is 8. The van der Waals surface area contributed by atoms with Crippen LogP contribution in [0.5, 0.6) is 5.75 Å². The molecule has 6 heteroatoms. The summed E-state index contributed by atoms with van der Waals surface area (Å²) in [5.74, 6) is -3.13. The van der Waals surface area contributed by atoms with Gasteiger partial charge < -0.3 is 10.1 Å². The molecule has 176 valence electrons. The fraction of sp³-hybridized carbons (Fsp3) is 0.481. The molecule has 4 nitrogen and oxygen atoms in total. The first-order chi connectivity index (χ1) is 15.8. The van der Waals surface area contributed by atoms with Crippen molar-refractivity contribution in [2.75, 3.05) is 13.1 Å². The second-order valence-electron chi connectivity index (χ2n) is 9.17. The van der Waals surface area contributed by atoms with E-state index in [1.165, 1.54) is 0 Å². The Bertz CT molecular complexity index is 1020. The molecule has 0 bridgehead atoms. The predicted octanol–water partition coefficient (Wildman–Crippen LogP) is 5.79. The quantitative estimate of drug-likeness (QED) is 0.512. The molecule has 3 atom stereocenters. The summed E-state index contributed by atoms with van der Waals surface area (Å²) in [6, 6.07) is 13.4. The Morgan fingerprint density at radius 3 is 2.61 bits per heavy atom. The van der Waals surface area contributed by atoms with E-state index in [-0.39, 0.29) is 36.6 Å². The number of hydrogen-bond acceptors (Lipinski definition) is 4. The Kier molecular flexibility index (Phi) is 6.94. The molecule has 1 saturated heterocycles. The first-order valence-corrected chi connectivity index (χ1v) is 11.9. The number of hydrogen-bond donors (Lipinski definition) is 1. The van der Waals surface area contributed by atoms with Gasteiger partial charge in [0, 0.05) is 35.8 Å². The van der Waals surface area contributed by atoms with Crippen LogP contribution in [0.4, 0.5) is 8.78 Å². The molecule has 1 fully saturated rings. The number of piperidine rings is 1. The van der Waals surface area contributed by atoms with E-state index in [1.54, 1.807) is 13.0 Å². The van der Waals surface area contributed by atoms with Gasteiger partial charge in [0.2, 0.25) is 0 Å². The lowest BCUT2D eigenvalue weighted by Gasteiger charge is -2.31. The maximum Gasteiger partial charge on any atom is 0.263 e. The smallest absolute Gasteiger partial charge is 0.263 e. The molecule has 2 aliphatic heterocycles. The normalized spacial score (nSPS) is 23.6. The molecule has 33 heavy (non-hydrogen) atoms. The van der Waals surface area contributed by atoms with Crippen LogP contribution >= 0.6 is 0 Å². The maximum atomic E-state index is 14.1. The van der Waals surface area contributed by atoms with Crippen LogP contribution in [0.15, 0.2) is 42.5 Å². The lowest BCUT2D eigenvalue weighted by atomic mass is 9.85. The minimum absolute atomic E-state index is 0.0730. The van der Waals surface area contributed by atoms with Crippen molar-refractivity contribution in [3.63, 3.8) is 0 Å². The number of ketones is 2. The van der Waals surface area contributed by atoms with Crippen LogP contribution in [-0.2, 0) is 0 Å². The lowest BCUT2D eigenvalue weighted by Crippen LogP contribution is -2.45. The Balaban J connectivity index is 1.58. The van der Waals surface area contributed by atoms with Crippen LogP contribution in [0.1, 0.15) is 83.7 Å². The van der Waals surface area contributed by atoms with Crippen molar-refractivity contribution in [3.8, 4) is 5.75 Å². The average molecular weight is 456 g/mol. The van der Waals surface area contributed by atoms with Gasteiger partial charge in [-0.3, -0.25) is 9.59 Å². The van der Waals surface area contributed by atoms with Crippen LogP contribution in [0, 0.1) is 5.92 Å². The fourth-order valence-corrected chi connectivity index (χ4v) is 5.09. The number of carbonyl (C=O) groups is 2.